The van der Waals surface area contributed by atoms with Gasteiger partial charge in [-0.3, -0.25) is 0 Å². The van der Waals surface area contributed by atoms with Crippen molar-refractivity contribution in [2.24, 2.45) is 0 Å². The van der Waals surface area contributed by atoms with Gasteiger partial charge in [0.05, 0.1) is 0 Å². The molecule has 0 aliphatic carbocycles. The highest BCUT2D eigenvalue weighted by Crippen LogP contribution is 2.45. The van der Waals surface area contributed by atoms with Gasteiger partial charge in [-0.2, -0.15) is 0 Å². The molecule has 0 unspecified atom stereocenters. The first kappa shape index (κ1) is 22.3. The molecular formula is C37H25NS. The Labute approximate surface area is 231 Å². The molecule has 0 amide bonds. The second kappa shape index (κ2) is 8.69. The van der Waals surface area contributed by atoms with E-state index >= 15 is 0 Å². The summed E-state index contributed by atoms with van der Waals surface area (Å²) in [7, 11) is 1.98. The molecule has 0 atom stereocenters. The minimum Gasteiger partial charge on any atom is -0.388 e. The highest BCUT2D eigenvalue weighted by Gasteiger charge is 2.15. The first-order valence-electron chi connectivity index (χ1n) is 13.3. The molecular weight excluding hydrogens is 490 g/mol. The van der Waals surface area contributed by atoms with E-state index in [1.54, 1.807) is 0 Å². The smallest absolute Gasteiger partial charge is 0.0440 e. The Hall–Kier alpha value is -4.66. The SMILES string of the molecule is CNc1ccc2c(c1)sc1c3ccc(-c4ccc(-c5ccc6ccccc6c5)cc4)cc3c3ccccc3c21. The van der Waals surface area contributed by atoms with E-state index in [2.05, 4.69) is 133 Å². The van der Waals surface area contributed by atoms with Gasteiger partial charge in [0, 0.05) is 38.3 Å². The van der Waals surface area contributed by atoms with E-state index in [4.69, 9.17) is 0 Å². The zero-order chi connectivity index (χ0) is 25.9. The summed E-state index contributed by atoms with van der Waals surface area (Å²) in [4.78, 5) is 0. The Kier molecular flexibility index (Phi) is 4.98. The van der Waals surface area contributed by atoms with E-state index < -0.39 is 0 Å². The second-order valence-corrected chi connectivity index (χ2v) is 11.3. The fourth-order valence-electron chi connectivity index (χ4n) is 6.01. The van der Waals surface area contributed by atoms with Crippen LogP contribution in [-0.2, 0) is 0 Å². The van der Waals surface area contributed by atoms with Crippen molar-refractivity contribution in [3.05, 3.63) is 127 Å². The number of hydrogen-bond donors (Lipinski definition) is 1. The van der Waals surface area contributed by atoms with Crippen LogP contribution in [0.2, 0.25) is 0 Å². The number of rotatable bonds is 3. The lowest BCUT2D eigenvalue weighted by molar-refractivity contribution is 1.54. The molecule has 39 heavy (non-hydrogen) atoms. The van der Waals surface area contributed by atoms with E-state index in [0.717, 1.165) is 5.69 Å². The number of anilines is 1. The largest absolute Gasteiger partial charge is 0.388 e. The van der Waals surface area contributed by atoms with Crippen LogP contribution in [0.4, 0.5) is 5.69 Å². The third kappa shape index (κ3) is 3.53. The Bertz CT molecular complexity index is 2200. The predicted octanol–water partition coefficient (Wildman–Crippen LogP) is 10.9. The number of thiophene rings is 1. The molecule has 7 aromatic carbocycles. The summed E-state index contributed by atoms with van der Waals surface area (Å²) in [5, 5.41) is 13.8. The number of hydrogen-bond acceptors (Lipinski definition) is 2. The van der Waals surface area contributed by atoms with Crippen LogP contribution in [0.3, 0.4) is 0 Å². The third-order valence-corrected chi connectivity index (χ3v) is 9.22. The summed E-state index contributed by atoms with van der Waals surface area (Å²) in [6.45, 7) is 0. The lowest BCUT2D eigenvalue weighted by atomic mass is 9.93. The van der Waals surface area contributed by atoms with Gasteiger partial charge >= 0.3 is 0 Å². The Morgan fingerprint density at radius 3 is 1.90 bits per heavy atom. The number of nitrogens with one attached hydrogen (secondary N) is 1. The van der Waals surface area contributed by atoms with Crippen LogP contribution in [0, 0.1) is 0 Å². The summed E-state index contributed by atoms with van der Waals surface area (Å²) >= 11 is 1.90. The molecule has 0 saturated carbocycles. The van der Waals surface area contributed by atoms with E-state index in [9.17, 15) is 0 Å². The van der Waals surface area contributed by atoms with Crippen LogP contribution in [0.25, 0.3) is 74.7 Å². The molecule has 1 N–H and O–H groups in total. The topological polar surface area (TPSA) is 12.0 Å². The van der Waals surface area contributed by atoms with Crippen LogP contribution in [0.1, 0.15) is 0 Å². The van der Waals surface area contributed by atoms with Crippen LogP contribution in [0.15, 0.2) is 127 Å². The van der Waals surface area contributed by atoms with Gasteiger partial charge in [-0.15, -0.1) is 11.3 Å². The molecule has 0 spiro atoms. The van der Waals surface area contributed by atoms with Crippen molar-refractivity contribution in [2.75, 3.05) is 12.4 Å². The minimum atomic E-state index is 1.15. The van der Waals surface area contributed by atoms with Gasteiger partial charge in [0.2, 0.25) is 0 Å². The molecule has 0 bridgehead atoms. The first-order chi connectivity index (χ1) is 19.3. The van der Waals surface area contributed by atoms with Crippen LogP contribution < -0.4 is 5.32 Å². The zero-order valence-electron chi connectivity index (χ0n) is 21.5. The maximum absolute atomic E-state index is 3.29. The fourth-order valence-corrected chi connectivity index (χ4v) is 7.31. The molecule has 1 nitrogen and oxygen atoms in total. The first-order valence-corrected chi connectivity index (χ1v) is 14.2. The Balaban J connectivity index is 1.28. The van der Waals surface area contributed by atoms with Crippen LogP contribution in [0.5, 0.6) is 0 Å². The summed E-state index contributed by atoms with van der Waals surface area (Å²) in [5.41, 5.74) is 6.12. The van der Waals surface area contributed by atoms with Crippen molar-refractivity contribution < 1.29 is 0 Å². The van der Waals surface area contributed by atoms with E-state index in [-0.39, 0.29) is 0 Å². The minimum absolute atomic E-state index is 1.15. The van der Waals surface area contributed by atoms with Gasteiger partial charge in [0.1, 0.15) is 0 Å². The predicted molar refractivity (Wildman–Crippen MR) is 172 cm³/mol. The summed E-state index contributed by atoms with van der Waals surface area (Å²) in [6.07, 6.45) is 0. The molecule has 0 aliphatic heterocycles. The molecule has 0 radical (unpaired) electrons. The summed E-state index contributed by atoms with van der Waals surface area (Å²) in [6, 6.07) is 46.8. The van der Waals surface area contributed by atoms with Crippen molar-refractivity contribution >= 4 is 69.5 Å². The van der Waals surface area contributed by atoms with E-state index in [1.165, 1.54) is 74.7 Å². The lowest BCUT2D eigenvalue weighted by Gasteiger charge is -2.11. The Morgan fingerprint density at radius 2 is 1.10 bits per heavy atom. The molecule has 1 aromatic heterocycles. The van der Waals surface area contributed by atoms with Gasteiger partial charge < -0.3 is 5.32 Å². The van der Waals surface area contributed by atoms with Gasteiger partial charge in [-0.1, -0.05) is 103 Å². The average Bonchev–Trinajstić information content (AvgIpc) is 3.40. The Morgan fingerprint density at radius 1 is 0.462 bits per heavy atom. The van der Waals surface area contributed by atoms with Crippen molar-refractivity contribution in [3.63, 3.8) is 0 Å². The van der Waals surface area contributed by atoms with Crippen molar-refractivity contribution in [2.45, 2.75) is 0 Å². The van der Waals surface area contributed by atoms with E-state index in [0.29, 0.717) is 0 Å². The van der Waals surface area contributed by atoms with E-state index in [1.807, 2.05) is 18.4 Å². The molecule has 1 heterocycles. The standard InChI is InChI=1S/C37H25NS/c1-38-29-17-19-33-35(22-29)39-37-32-18-16-28(21-34(32)30-8-4-5-9-31(30)36(33)37)25-12-10-24(11-13-25)27-15-14-23-6-2-3-7-26(23)20-27/h2-22,38H,1H3. The van der Waals surface area contributed by atoms with Gasteiger partial charge in [-0.05, 0) is 73.5 Å². The van der Waals surface area contributed by atoms with Gasteiger partial charge in [0.25, 0.3) is 0 Å². The maximum atomic E-state index is 3.29. The number of fused-ring (bicyclic) bond motifs is 9. The summed E-state index contributed by atoms with van der Waals surface area (Å²) in [5.74, 6) is 0. The molecule has 8 rings (SSSR count). The van der Waals surface area contributed by atoms with Crippen LogP contribution in [-0.4, -0.2) is 7.05 Å². The molecule has 0 saturated heterocycles. The van der Waals surface area contributed by atoms with Gasteiger partial charge in [-0.25, -0.2) is 0 Å². The quantitative estimate of drug-likeness (QED) is 0.231. The molecule has 0 aliphatic rings. The number of benzene rings is 7. The fraction of sp³-hybridized carbons (Fsp3) is 0.0270. The highest BCUT2D eigenvalue weighted by atomic mass is 32.1. The molecule has 184 valence electrons. The van der Waals surface area contributed by atoms with Crippen molar-refractivity contribution in [1.82, 2.24) is 0 Å². The third-order valence-electron chi connectivity index (χ3n) is 8.03. The van der Waals surface area contributed by atoms with Crippen molar-refractivity contribution in [1.29, 1.82) is 0 Å². The second-order valence-electron chi connectivity index (χ2n) is 10.2. The zero-order valence-corrected chi connectivity index (χ0v) is 22.3. The summed E-state index contributed by atoms with van der Waals surface area (Å²) < 4.78 is 2.69. The van der Waals surface area contributed by atoms with Crippen LogP contribution >= 0.6 is 11.3 Å². The molecule has 0 fully saturated rings. The monoisotopic (exact) mass is 515 g/mol. The highest BCUT2D eigenvalue weighted by molar-refractivity contribution is 7.27. The maximum Gasteiger partial charge on any atom is 0.0440 e. The van der Waals surface area contributed by atoms with Gasteiger partial charge in [0.15, 0.2) is 0 Å². The molecule has 2 heteroatoms. The molecule has 8 aromatic rings. The lowest BCUT2D eigenvalue weighted by Crippen LogP contribution is -1.85. The normalized spacial score (nSPS) is 11.7. The van der Waals surface area contributed by atoms with Crippen molar-refractivity contribution in [3.8, 4) is 22.3 Å². The average molecular weight is 516 g/mol.